The molecular formula is C13H10N4O. The Bertz CT molecular complexity index is 650. The molecule has 0 unspecified atom stereocenters. The van der Waals surface area contributed by atoms with Gasteiger partial charge in [-0.25, -0.2) is 9.67 Å². The minimum atomic E-state index is -0.0540. The molecule has 0 aliphatic carbocycles. The highest BCUT2D eigenvalue weighted by atomic mass is 16.3. The average molecular weight is 238 g/mol. The van der Waals surface area contributed by atoms with E-state index in [1.54, 1.807) is 24.7 Å². The number of nitrogens with zero attached hydrogens (tertiary/aromatic N) is 4. The lowest BCUT2D eigenvalue weighted by Gasteiger charge is -2.05. The van der Waals surface area contributed by atoms with Crippen molar-refractivity contribution < 1.29 is 5.11 Å². The van der Waals surface area contributed by atoms with Gasteiger partial charge in [-0.15, -0.1) is 0 Å². The first kappa shape index (κ1) is 10.5. The van der Waals surface area contributed by atoms with Crippen molar-refractivity contribution in [3.05, 3.63) is 55.0 Å². The van der Waals surface area contributed by atoms with Crippen molar-refractivity contribution in [1.29, 1.82) is 0 Å². The van der Waals surface area contributed by atoms with Gasteiger partial charge < -0.3 is 5.11 Å². The summed E-state index contributed by atoms with van der Waals surface area (Å²) in [5.41, 5.74) is 1.48. The third kappa shape index (κ3) is 1.82. The zero-order valence-corrected chi connectivity index (χ0v) is 9.43. The van der Waals surface area contributed by atoms with Crippen molar-refractivity contribution in [1.82, 2.24) is 19.7 Å². The Hall–Kier alpha value is -2.69. The topological polar surface area (TPSA) is 63.8 Å². The predicted octanol–water partition coefficient (Wildman–Crippen LogP) is 2.03. The summed E-state index contributed by atoms with van der Waals surface area (Å²) in [5.74, 6) is 0.291. The molecule has 1 N–H and O–H groups in total. The Kier molecular flexibility index (Phi) is 2.49. The Balaban J connectivity index is 2.05. The molecule has 0 spiro atoms. The second-order valence-electron chi connectivity index (χ2n) is 3.72. The highest BCUT2D eigenvalue weighted by molar-refractivity contribution is 5.67. The average Bonchev–Trinajstić information content (AvgIpc) is 2.93. The standard InChI is InChI=1S/C13H10N4O/c18-12-11(10-5-2-1-3-6-10)9-14-13(16-12)17-8-4-7-15-17/h1-9H,(H,14,16,18). The molecule has 18 heavy (non-hydrogen) atoms. The lowest BCUT2D eigenvalue weighted by molar-refractivity contribution is 0.452. The molecular weight excluding hydrogens is 228 g/mol. The van der Waals surface area contributed by atoms with E-state index in [9.17, 15) is 5.11 Å². The summed E-state index contributed by atoms with van der Waals surface area (Å²) >= 11 is 0. The number of benzene rings is 1. The monoisotopic (exact) mass is 238 g/mol. The summed E-state index contributed by atoms with van der Waals surface area (Å²) in [5, 5.41) is 14.0. The molecule has 88 valence electrons. The number of aromatic nitrogens is 4. The van der Waals surface area contributed by atoms with Crippen LogP contribution in [0.4, 0.5) is 0 Å². The van der Waals surface area contributed by atoms with E-state index >= 15 is 0 Å². The van der Waals surface area contributed by atoms with Crippen LogP contribution < -0.4 is 0 Å². The quantitative estimate of drug-likeness (QED) is 0.742. The lowest BCUT2D eigenvalue weighted by Crippen LogP contribution is -2.01. The van der Waals surface area contributed by atoms with Crippen molar-refractivity contribution >= 4 is 0 Å². The number of hydrogen-bond acceptors (Lipinski definition) is 4. The summed E-state index contributed by atoms with van der Waals surface area (Å²) in [7, 11) is 0. The maximum absolute atomic E-state index is 9.95. The van der Waals surface area contributed by atoms with Crippen LogP contribution in [-0.2, 0) is 0 Å². The van der Waals surface area contributed by atoms with E-state index in [0.717, 1.165) is 5.56 Å². The minimum absolute atomic E-state index is 0.0540. The van der Waals surface area contributed by atoms with Gasteiger partial charge >= 0.3 is 0 Å². The van der Waals surface area contributed by atoms with Crippen LogP contribution in [0.15, 0.2) is 55.0 Å². The van der Waals surface area contributed by atoms with Crippen LogP contribution in [0, 0.1) is 0 Å². The molecule has 0 aliphatic heterocycles. The van der Waals surface area contributed by atoms with E-state index in [0.29, 0.717) is 11.5 Å². The molecule has 3 rings (SSSR count). The van der Waals surface area contributed by atoms with E-state index in [1.807, 2.05) is 30.3 Å². The van der Waals surface area contributed by atoms with E-state index in [-0.39, 0.29) is 5.88 Å². The summed E-state index contributed by atoms with van der Waals surface area (Å²) in [6.07, 6.45) is 4.94. The molecule has 1 aromatic carbocycles. The molecule has 2 aromatic heterocycles. The molecule has 0 amide bonds. The molecule has 2 heterocycles. The van der Waals surface area contributed by atoms with Crippen LogP contribution in [0.1, 0.15) is 0 Å². The van der Waals surface area contributed by atoms with Gasteiger partial charge in [0.25, 0.3) is 5.95 Å². The van der Waals surface area contributed by atoms with Gasteiger partial charge in [0.15, 0.2) is 0 Å². The van der Waals surface area contributed by atoms with Crippen molar-refractivity contribution in [2.45, 2.75) is 0 Å². The second kappa shape index (κ2) is 4.29. The molecule has 0 bridgehead atoms. The Labute approximate surface area is 103 Å². The van der Waals surface area contributed by atoms with Gasteiger partial charge in [-0.05, 0) is 11.6 Å². The molecule has 0 fully saturated rings. The van der Waals surface area contributed by atoms with Crippen LogP contribution in [0.5, 0.6) is 5.88 Å². The van der Waals surface area contributed by atoms with Gasteiger partial charge in [-0.2, -0.15) is 10.1 Å². The van der Waals surface area contributed by atoms with Crippen molar-refractivity contribution in [3.63, 3.8) is 0 Å². The molecule has 5 heteroatoms. The Morgan fingerprint density at radius 1 is 1.06 bits per heavy atom. The lowest BCUT2D eigenvalue weighted by atomic mass is 10.1. The highest BCUT2D eigenvalue weighted by Crippen LogP contribution is 2.26. The summed E-state index contributed by atoms with van der Waals surface area (Å²) in [6, 6.07) is 11.3. The van der Waals surface area contributed by atoms with Gasteiger partial charge in [0.2, 0.25) is 5.88 Å². The van der Waals surface area contributed by atoms with E-state index in [1.165, 1.54) is 4.68 Å². The molecule has 0 saturated carbocycles. The first-order chi connectivity index (χ1) is 8.84. The fourth-order valence-corrected chi connectivity index (χ4v) is 1.68. The zero-order valence-electron chi connectivity index (χ0n) is 9.43. The second-order valence-corrected chi connectivity index (χ2v) is 3.72. The third-order valence-corrected chi connectivity index (χ3v) is 2.55. The van der Waals surface area contributed by atoms with Crippen molar-refractivity contribution in [3.8, 4) is 23.0 Å². The van der Waals surface area contributed by atoms with Gasteiger partial charge in [0.1, 0.15) is 0 Å². The molecule has 5 nitrogen and oxygen atoms in total. The van der Waals surface area contributed by atoms with Crippen LogP contribution in [0.2, 0.25) is 0 Å². The maximum atomic E-state index is 9.95. The van der Waals surface area contributed by atoms with Crippen LogP contribution in [0.3, 0.4) is 0 Å². The molecule has 3 aromatic rings. The highest BCUT2D eigenvalue weighted by Gasteiger charge is 2.08. The Morgan fingerprint density at radius 3 is 2.56 bits per heavy atom. The van der Waals surface area contributed by atoms with Crippen molar-refractivity contribution in [2.24, 2.45) is 0 Å². The summed E-state index contributed by atoms with van der Waals surface area (Å²) in [6.45, 7) is 0. The summed E-state index contributed by atoms with van der Waals surface area (Å²) in [4.78, 5) is 8.22. The third-order valence-electron chi connectivity index (χ3n) is 2.55. The zero-order chi connectivity index (χ0) is 12.4. The first-order valence-corrected chi connectivity index (χ1v) is 5.46. The summed E-state index contributed by atoms with van der Waals surface area (Å²) < 4.78 is 1.49. The van der Waals surface area contributed by atoms with Gasteiger partial charge in [0.05, 0.1) is 5.56 Å². The number of rotatable bonds is 2. The smallest absolute Gasteiger partial charge is 0.253 e. The van der Waals surface area contributed by atoms with Gasteiger partial charge in [0, 0.05) is 18.6 Å². The van der Waals surface area contributed by atoms with Gasteiger partial charge in [-0.3, -0.25) is 0 Å². The molecule has 0 saturated heterocycles. The molecule has 0 atom stereocenters. The van der Waals surface area contributed by atoms with Gasteiger partial charge in [-0.1, -0.05) is 30.3 Å². The minimum Gasteiger partial charge on any atom is -0.493 e. The molecule has 0 radical (unpaired) electrons. The van der Waals surface area contributed by atoms with Crippen LogP contribution >= 0.6 is 0 Å². The van der Waals surface area contributed by atoms with Crippen LogP contribution in [-0.4, -0.2) is 24.9 Å². The number of aromatic hydroxyl groups is 1. The predicted molar refractivity (Wildman–Crippen MR) is 66.3 cm³/mol. The van der Waals surface area contributed by atoms with E-state index < -0.39 is 0 Å². The maximum Gasteiger partial charge on any atom is 0.253 e. The first-order valence-electron chi connectivity index (χ1n) is 5.46. The fourth-order valence-electron chi connectivity index (χ4n) is 1.68. The Morgan fingerprint density at radius 2 is 1.89 bits per heavy atom. The van der Waals surface area contributed by atoms with Crippen LogP contribution in [0.25, 0.3) is 17.1 Å². The largest absolute Gasteiger partial charge is 0.493 e. The number of hydrogen-bond donors (Lipinski definition) is 1. The normalized spacial score (nSPS) is 10.4. The van der Waals surface area contributed by atoms with Crippen molar-refractivity contribution in [2.75, 3.05) is 0 Å². The van der Waals surface area contributed by atoms with E-state index in [4.69, 9.17) is 0 Å². The van der Waals surface area contributed by atoms with E-state index in [2.05, 4.69) is 15.1 Å². The fraction of sp³-hybridized carbons (Fsp3) is 0. The molecule has 0 aliphatic rings. The SMILES string of the molecule is Oc1nc(-n2cccn2)ncc1-c1ccccc1.